The van der Waals surface area contributed by atoms with E-state index in [1.807, 2.05) is 25.1 Å². The van der Waals surface area contributed by atoms with E-state index in [9.17, 15) is 0 Å². The topological polar surface area (TPSA) is 69.6 Å². The fraction of sp³-hybridized carbons (Fsp3) is 0.300. The Morgan fingerprint density at radius 2 is 2.25 bits per heavy atom. The molecule has 0 saturated heterocycles. The van der Waals surface area contributed by atoms with Gasteiger partial charge in [0, 0.05) is 11.4 Å². The second-order valence-electron chi connectivity index (χ2n) is 3.48. The maximum Gasteiger partial charge on any atom is 0.157 e. The SMILES string of the molecule is Cc1ccc(-n2nnnc2CCN)cc1Cl. The standard InChI is InChI=1S/C10H12ClN5/c1-7-2-3-8(6-9(7)11)16-10(4-5-12)13-14-15-16/h2-3,6H,4-5,12H2,1H3. The van der Waals surface area contributed by atoms with Gasteiger partial charge in [-0.05, 0) is 41.6 Å². The van der Waals surface area contributed by atoms with Crippen LogP contribution in [0.2, 0.25) is 5.02 Å². The zero-order valence-corrected chi connectivity index (χ0v) is 9.65. The molecule has 1 aromatic heterocycles. The molecular formula is C10H12ClN5. The molecule has 0 atom stereocenters. The highest BCUT2D eigenvalue weighted by atomic mass is 35.5. The Bertz CT molecular complexity index is 494. The number of nitrogens with zero attached hydrogens (tertiary/aromatic N) is 4. The number of aromatic nitrogens is 4. The summed E-state index contributed by atoms with van der Waals surface area (Å²) in [5.74, 6) is 0.738. The Hall–Kier alpha value is -1.46. The molecule has 2 rings (SSSR count). The van der Waals surface area contributed by atoms with Crippen molar-refractivity contribution in [3.63, 3.8) is 0 Å². The molecule has 1 aromatic carbocycles. The number of hydrogen-bond donors (Lipinski definition) is 1. The average molecular weight is 238 g/mol. The van der Waals surface area contributed by atoms with Crippen molar-refractivity contribution in [3.05, 3.63) is 34.6 Å². The first kappa shape index (κ1) is 11.0. The lowest BCUT2D eigenvalue weighted by molar-refractivity contribution is 0.755. The summed E-state index contributed by atoms with van der Waals surface area (Å²) in [6.45, 7) is 2.46. The minimum absolute atomic E-state index is 0.514. The van der Waals surface area contributed by atoms with E-state index >= 15 is 0 Å². The number of halogens is 1. The van der Waals surface area contributed by atoms with E-state index in [-0.39, 0.29) is 0 Å². The zero-order valence-electron chi connectivity index (χ0n) is 8.89. The van der Waals surface area contributed by atoms with Gasteiger partial charge in [-0.15, -0.1) is 5.10 Å². The smallest absolute Gasteiger partial charge is 0.157 e. The number of benzene rings is 1. The molecule has 0 unspecified atom stereocenters. The van der Waals surface area contributed by atoms with Crippen molar-refractivity contribution >= 4 is 11.6 Å². The van der Waals surface area contributed by atoms with Crippen LogP contribution in [0.25, 0.3) is 5.69 Å². The molecule has 5 nitrogen and oxygen atoms in total. The molecule has 6 heteroatoms. The monoisotopic (exact) mass is 237 g/mol. The van der Waals surface area contributed by atoms with Crippen LogP contribution in [0.4, 0.5) is 0 Å². The molecule has 2 N–H and O–H groups in total. The van der Waals surface area contributed by atoms with E-state index in [4.69, 9.17) is 17.3 Å². The quantitative estimate of drug-likeness (QED) is 0.869. The average Bonchev–Trinajstić information content (AvgIpc) is 2.71. The fourth-order valence-corrected chi connectivity index (χ4v) is 1.58. The normalized spacial score (nSPS) is 10.7. The van der Waals surface area contributed by atoms with Crippen molar-refractivity contribution in [1.29, 1.82) is 0 Å². The second kappa shape index (κ2) is 4.59. The zero-order chi connectivity index (χ0) is 11.5. The lowest BCUT2D eigenvalue weighted by Crippen LogP contribution is -2.09. The van der Waals surface area contributed by atoms with Gasteiger partial charge in [-0.1, -0.05) is 17.7 Å². The van der Waals surface area contributed by atoms with Crippen molar-refractivity contribution < 1.29 is 0 Å². The first-order chi connectivity index (χ1) is 7.72. The van der Waals surface area contributed by atoms with Gasteiger partial charge in [-0.2, -0.15) is 4.68 Å². The van der Waals surface area contributed by atoms with Crippen molar-refractivity contribution in [2.45, 2.75) is 13.3 Å². The number of rotatable bonds is 3. The van der Waals surface area contributed by atoms with Crippen molar-refractivity contribution in [2.75, 3.05) is 6.54 Å². The van der Waals surface area contributed by atoms with E-state index in [0.29, 0.717) is 18.0 Å². The van der Waals surface area contributed by atoms with Crippen LogP contribution in [0.3, 0.4) is 0 Å². The predicted octanol–water partition coefficient (Wildman–Crippen LogP) is 1.13. The molecule has 0 aliphatic rings. The van der Waals surface area contributed by atoms with Gasteiger partial charge in [0.1, 0.15) is 0 Å². The third-order valence-electron chi connectivity index (χ3n) is 2.30. The Morgan fingerprint density at radius 3 is 2.94 bits per heavy atom. The van der Waals surface area contributed by atoms with Crippen LogP contribution >= 0.6 is 11.6 Å². The summed E-state index contributed by atoms with van der Waals surface area (Å²) in [5.41, 5.74) is 7.36. The number of hydrogen-bond acceptors (Lipinski definition) is 4. The molecule has 0 fully saturated rings. The van der Waals surface area contributed by atoms with Crippen molar-refractivity contribution in [2.24, 2.45) is 5.73 Å². The van der Waals surface area contributed by atoms with E-state index < -0.39 is 0 Å². The van der Waals surface area contributed by atoms with Gasteiger partial charge < -0.3 is 5.73 Å². The third-order valence-corrected chi connectivity index (χ3v) is 2.71. The summed E-state index contributed by atoms with van der Waals surface area (Å²) in [6, 6.07) is 5.70. The molecule has 0 radical (unpaired) electrons. The molecule has 16 heavy (non-hydrogen) atoms. The predicted molar refractivity (Wildman–Crippen MR) is 61.7 cm³/mol. The highest BCUT2D eigenvalue weighted by molar-refractivity contribution is 6.31. The van der Waals surface area contributed by atoms with E-state index in [1.54, 1.807) is 4.68 Å². The highest BCUT2D eigenvalue weighted by Crippen LogP contribution is 2.19. The van der Waals surface area contributed by atoms with Crippen LogP contribution in [0.5, 0.6) is 0 Å². The largest absolute Gasteiger partial charge is 0.330 e. The Balaban J connectivity index is 2.42. The van der Waals surface area contributed by atoms with Crippen LogP contribution < -0.4 is 5.73 Å². The van der Waals surface area contributed by atoms with Gasteiger partial charge in [0.15, 0.2) is 5.82 Å². The molecule has 0 spiro atoms. The molecule has 2 aromatic rings. The first-order valence-electron chi connectivity index (χ1n) is 4.96. The fourth-order valence-electron chi connectivity index (χ4n) is 1.40. The molecule has 1 heterocycles. The maximum atomic E-state index is 6.05. The summed E-state index contributed by atoms with van der Waals surface area (Å²) in [4.78, 5) is 0. The van der Waals surface area contributed by atoms with Crippen LogP contribution in [0, 0.1) is 6.92 Å². The first-order valence-corrected chi connectivity index (χ1v) is 5.34. The van der Waals surface area contributed by atoms with E-state index in [2.05, 4.69) is 15.5 Å². The molecule has 0 aliphatic heterocycles. The molecule has 0 saturated carbocycles. The van der Waals surface area contributed by atoms with Crippen LogP contribution in [0.1, 0.15) is 11.4 Å². The second-order valence-corrected chi connectivity index (χ2v) is 3.89. The Kier molecular flexibility index (Phi) is 3.17. The third kappa shape index (κ3) is 2.05. The lowest BCUT2D eigenvalue weighted by atomic mass is 10.2. The van der Waals surface area contributed by atoms with E-state index in [1.165, 1.54) is 0 Å². The number of nitrogens with two attached hydrogens (primary N) is 1. The number of aryl methyl sites for hydroxylation is 1. The van der Waals surface area contributed by atoms with Gasteiger partial charge in [-0.25, -0.2) is 0 Å². The van der Waals surface area contributed by atoms with Crippen molar-refractivity contribution in [1.82, 2.24) is 20.2 Å². The van der Waals surface area contributed by atoms with E-state index in [0.717, 1.165) is 17.1 Å². The molecule has 0 amide bonds. The van der Waals surface area contributed by atoms with Crippen LogP contribution in [-0.4, -0.2) is 26.8 Å². The minimum atomic E-state index is 0.514. The summed E-state index contributed by atoms with van der Waals surface area (Å²) in [7, 11) is 0. The van der Waals surface area contributed by atoms with Gasteiger partial charge in [0.25, 0.3) is 0 Å². The van der Waals surface area contributed by atoms with Crippen molar-refractivity contribution in [3.8, 4) is 5.69 Å². The number of tetrazole rings is 1. The Morgan fingerprint density at radius 1 is 1.44 bits per heavy atom. The summed E-state index contributed by atoms with van der Waals surface area (Å²) in [6.07, 6.45) is 0.637. The molecule has 0 bridgehead atoms. The minimum Gasteiger partial charge on any atom is -0.330 e. The van der Waals surface area contributed by atoms with Crippen LogP contribution in [0.15, 0.2) is 18.2 Å². The van der Waals surface area contributed by atoms with Gasteiger partial charge in [0.2, 0.25) is 0 Å². The highest BCUT2D eigenvalue weighted by Gasteiger charge is 2.08. The molecule has 84 valence electrons. The summed E-state index contributed by atoms with van der Waals surface area (Å²) < 4.78 is 1.65. The Labute approximate surface area is 98.2 Å². The summed E-state index contributed by atoms with van der Waals surface area (Å²) in [5, 5.41) is 12.2. The summed E-state index contributed by atoms with van der Waals surface area (Å²) >= 11 is 6.05. The van der Waals surface area contributed by atoms with Crippen LogP contribution in [-0.2, 0) is 6.42 Å². The van der Waals surface area contributed by atoms with Gasteiger partial charge in [0.05, 0.1) is 5.69 Å². The van der Waals surface area contributed by atoms with Gasteiger partial charge in [-0.3, -0.25) is 0 Å². The van der Waals surface area contributed by atoms with Gasteiger partial charge >= 0.3 is 0 Å². The molecule has 0 aliphatic carbocycles. The molecular weight excluding hydrogens is 226 g/mol. The lowest BCUT2D eigenvalue weighted by Gasteiger charge is -2.05. The maximum absolute atomic E-state index is 6.05.